The molecule has 1 amide bonds. The molecule has 0 radical (unpaired) electrons. The van der Waals surface area contributed by atoms with Crippen LogP contribution in [-0.4, -0.2) is 28.9 Å². The number of nitrogens with one attached hydrogen (secondary N) is 1. The summed E-state index contributed by atoms with van der Waals surface area (Å²) in [6.45, 7) is 0.642. The average molecular weight is 319 g/mol. The van der Waals surface area contributed by atoms with E-state index in [9.17, 15) is 4.79 Å². The Morgan fingerprint density at radius 3 is 3.18 bits per heavy atom. The first kappa shape index (κ1) is 14.9. The highest BCUT2D eigenvalue weighted by atomic mass is 32.2. The number of carbonyl (C=O) groups is 1. The number of hydrogen-bond donors (Lipinski definition) is 1. The van der Waals surface area contributed by atoms with E-state index in [0.717, 1.165) is 11.3 Å². The van der Waals surface area contributed by atoms with E-state index >= 15 is 0 Å². The Kier molecular flexibility index (Phi) is 4.62. The van der Waals surface area contributed by atoms with E-state index in [1.165, 1.54) is 0 Å². The zero-order valence-electron chi connectivity index (χ0n) is 12.2. The molecule has 1 aromatic heterocycles. The first-order valence-corrected chi connectivity index (χ1v) is 8.44. The zero-order valence-corrected chi connectivity index (χ0v) is 13.1. The number of hydrogen-bond acceptors (Lipinski definition) is 6. The molecular formula is C15H17N3O3S. The lowest BCUT2D eigenvalue weighted by Gasteiger charge is -2.24. The molecule has 7 heteroatoms. The predicted molar refractivity (Wildman–Crippen MR) is 82.5 cm³/mol. The van der Waals surface area contributed by atoms with Crippen molar-refractivity contribution in [3.63, 3.8) is 0 Å². The van der Waals surface area contributed by atoms with Crippen LogP contribution in [0.2, 0.25) is 0 Å². The van der Waals surface area contributed by atoms with Gasteiger partial charge in [0.15, 0.2) is 5.82 Å². The van der Waals surface area contributed by atoms with Crippen molar-refractivity contribution < 1.29 is 14.1 Å². The molecule has 2 heterocycles. The molecule has 1 atom stereocenters. The fourth-order valence-corrected chi connectivity index (χ4v) is 2.73. The second-order valence-electron chi connectivity index (χ2n) is 5.07. The quantitative estimate of drug-likeness (QED) is 0.905. The first-order valence-electron chi connectivity index (χ1n) is 7.05. The topological polar surface area (TPSA) is 77.2 Å². The van der Waals surface area contributed by atoms with Crippen molar-refractivity contribution in [2.75, 3.05) is 12.9 Å². The van der Waals surface area contributed by atoms with Crippen molar-refractivity contribution in [2.24, 2.45) is 5.92 Å². The highest BCUT2D eigenvalue weighted by Gasteiger charge is 2.25. The maximum Gasteiger partial charge on any atom is 0.246 e. The van der Waals surface area contributed by atoms with Crippen LogP contribution in [0, 0.1) is 5.92 Å². The van der Waals surface area contributed by atoms with Crippen molar-refractivity contribution in [2.45, 2.75) is 18.7 Å². The molecule has 0 aliphatic carbocycles. The lowest BCUT2D eigenvalue weighted by molar-refractivity contribution is -0.126. The molecule has 0 fully saturated rings. The van der Waals surface area contributed by atoms with Gasteiger partial charge >= 0.3 is 0 Å². The fourth-order valence-electron chi connectivity index (χ4n) is 2.35. The van der Waals surface area contributed by atoms with Gasteiger partial charge in [0.2, 0.25) is 11.8 Å². The molecule has 1 aliphatic heterocycles. The molecule has 0 saturated heterocycles. The number of amides is 1. The van der Waals surface area contributed by atoms with Gasteiger partial charge in [-0.05, 0) is 24.3 Å². The second kappa shape index (κ2) is 6.83. The Bertz CT molecular complexity index is 659. The fraction of sp³-hybridized carbons (Fsp3) is 0.400. The smallest absolute Gasteiger partial charge is 0.246 e. The molecule has 0 bridgehead atoms. The molecule has 1 aliphatic rings. The van der Waals surface area contributed by atoms with E-state index in [1.807, 2.05) is 30.5 Å². The normalized spacial score (nSPS) is 16.7. The first-order chi connectivity index (χ1) is 10.8. The van der Waals surface area contributed by atoms with Gasteiger partial charge in [0.1, 0.15) is 12.4 Å². The third kappa shape index (κ3) is 3.41. The van der Waals surface area contributed by atoms with Crippen molar-refractivity contribution in [3.05, 3.63) is 41.5 Å². The molecular weight excluding hydrogens is 302 g/mol. The highest BCUT2D eigenvalue weighted by molar-refractivity contribution is 7.97. The van der Waals surface area contributed by atoms with Crippen molar-refractivity contribution >= 4 is 17.7 Å². The Morgan fingerprint density at radius 2 is 2.32 bits per heavy atom. The van der Waals surface area contributed by atoms with Crippen molar-refractivity contribution in [1.82, 2.24) is 15.5 Å². The van der Waals surface area contributed by atoms with Crippen LogP contribution in [-0.2, 0) is 23.5 Å². The maximum absolute atomic E-state index is 12.2. The number of rotatable bonds is 5. The van der Waals surface area contributed by atoms with Crippen molar-refractivity contribution in [3.8, 4) is 5.75 Å². The second-order valence-corrected chi connectivity index (χ2v) is 5.94. The van der Waals surface area contributed by atoms with Gasteiger partial charge in [0.05, 0.1) is 18.2 Å². The monoisotopic (exact) mass is 319 g/mol. The summed E-state index contributed by atoms with van der Waals surface area (Å²) in [6.07, 6.45) is 2.66. The number of ether oxygens (including phenoxy) is 1. The summed E-state index contributed by atoms with van der Waals surface area (Å²) in [5.41, 5.74) is 1.06. The summed E-state index contributed by atoms with van der Waals surface area (Å²) >= 11 is 1.62. The summed E-state index contributed by atoms with van der Waals surface area (Å²) in [5, 5.41) is 6.68. The molecule has 116 valence electrons. The van der Waals surface area contributed by atoms with Crippen LogP contribution in [0.3, 0.4) is 0 Å². The van der Waals surface area contributed by atoms with Gasteiger partial charge in [0, 0.05) is 0 Å². The Hall–Kier alpha value is -2.02. The number of benzene rings is 1. The number of carbonyl (C=O) groups excluding carboxylic acids is 1. The van der Waals surface area contributed by atoms with E-state index in [4.69, 9.17) is 9.26 Å². The van der Waals surface area contributed by atoms with E-state index in [1.54, 1.807) is 11.8 Å². The molecule has 3 rings (SSSR count). The molecule has 1 aromatic carbocycles. The number of para-hydroxylation sites is 1. The van der Waals surface area contributed by atoms with Crippen LogP contribution in [0.25, 0.3) is 0 Å². The van der Waals surface area contributed by atoms with Gasteiger partial charge in [-0.25, -0.2) is 0 Å². The van der Waals surface area contributed by atoms with E-state index in [2.05, 4.69) is 15.5 Å². The third-order valence-corrected chi connectivity index (χ3v) is 3.99. The molecule has 0 spiro atoms. The van der Waals surface area contributed by atoms with Gasteiger partial charge in [-0.3, -0.25) is 4.79 Å². The lowest BCUT2D eigenvalue weighted by Crippen LogP contribution is -2.37. The van der Waals surface area contributed by atoms with Crippen LogP contribution in [0.1, 0.15) is 17.3 Å². The molecule has 0 saturated carbocycles. The van der Waals surface area contributed by atoms with E-state index < -0.39 is 0 Å². The Labute approximate surface area is 132 Å². The van der Waals surface area contributed by atoms with Crippen molar-refractivity contribution in [1.29, 1.82) is 0 Å². The Balaban J connectivity index is 1.54. The molecule has 0 unspecified atom stereocenters. The maximum atomic E-state index is 12.2. The highest BCUT2D eigenvalue weighted by Crippen LogP contribution is 2.26. The summed E-state index contributed by atoms with van der Waals surface area (Å²) in [7, 11) is 0. The standard InChI is InChI=1S/C15H17N3O3S/c1-22-9-13-17-14(21-18-13)7-16-15(19)11-6-10-4-2-3-5-12(10)20-8-11/h2-5,11H,6-9H2,1H3,(H,16,19)/t11-/m0/s1. The van der Waals surface area contributed by atoms with Gasteiger partial charge in [-0.15, -0.1) is 0 Å². The van der Waals surface area contributed by atoms with E-state index in [0.29, 0.717) is 30.5 Å². The molecule has 22 heavy (non-hydrogen) atoms. The van der Waals surface area contributed by atoms with Crippen LogP contribution < -0.4 is 10.1 Å². The lowest BCUT2D eigenvalue weighted by atomic mass is 9.96. The zero-order chi connectivity index (χ0) is 15.4. The summed E-state index contributed by atoms with van der Waals surface area (Å²) < 4.78 is 10.7. The third-order valence-electron chi connectivity index (χ3n) is 3.45. The largest absolute Gasteiger partial charge is 0.492 e. The minimum atomic E-state index is -0.191. The number of aromatic nitrogens is 2. The van der Waals surface area contributed by atoms with E-state index in [-0.39, 0.29) is 18.4 Å². The minimum absolute atomic E-state index is 0.0564. The number of nitrogens with zero attached hydrogens (tertiary/aromatic N) is 2. The number of fused-ring (bicyclic) bond motifs is 1. The Morgan fingerprint density at radius 1 is 1.45 bits per heavy atom. The molecule has 1 N–H and O–H groups in total. The van der Waals surface area contributed by atoms with Gasteiger partial charge in [0.25, 0.3) is 0 Å². The summed E-state index contributed by atoms with van der Waals surface area (Å²) in [4.78, 5) is 16.4. The van der Waals surface area contributed by atoms with Gasteiger partial charge < -0.3 is 14.6 Å². The predicted octanol–water partition coefficient (Wildman–Crippen LogP) is 1.80. The van der Waals surface area contributed by atoms with Crippen LogP contribution >= 0.6 is 11.8 Å². The minimum Gasteiger partial charge on any atom is -0.492 e. The van der Waals surface area contributed by atoms with Gasteiger partial charge in [-0.2, -0.15) is 16.7 Å². The van der Waals surface area contributed by atoms with Crippen LogP contribution in [0.5, 0.6) is 5.75 Å². The molecule has 6 nitrogen and oxygen atoms in total. The average Bonchev–Trinajstić information content (AvgIpc) is 3.00. The summed E-state index contributed by atoms with van der Waals surface area (Å²) in [5.74, 6) is 2.39. The SMILES string of the molecule is CSCc1noc(CNC(=O)[C@@H]2COc3ccccc3C2)n1. The van der Waals surface area contributed by atoms with Crippen LogP contribution in [0.4, 0.5) is 0 Å². The van der Waals surface area contributed by atoms with Crippen LogP contribution in [0.15, 0.2) is 28.8 Å². The van der Waals surface area contributed by atoms with Gasteiger partial charge in [-0.1, -0.05) is 23.4 Å². The summed E-state index contributed by atoms with van der Waals surface area (Å²) in [6, 6.07) is 7.80. The molecule has 2 aromatic rings. The number of thioether (sulfide) groups is 1.